The Kier molecular flexibility index (Phi) is 5.55. The van der Waals surface area contributed by atoms with Gasteiger partial charge in [0.1, 0.15) is 5.82 Å². The lowest BCUT2D eigenvalue weighted by molar-refractivity contribution is -0.113. The van der Waals surface area contributed by atoms with Gasteiger partial charge in [-0.05, 0) is 41.5 Å². The zero-order valence-electron chi connectivity index (χ0n) is 15.2. The molecule has 1 aliphatic heterocycles. The topological polar surface area (TPSA) is 66.0 Å². The van der Waals surface area contributed by atoms with Gasteiger partial charge >= 0.3 is 0 Å². The summed E-state index contributed by atoms with van der Waals surface area (Å²) in [5.41, 5.74) is 2.72. The Hall–Kier alpha value is -3.22. The second-order valence-corrected chi connectivity index (χ2v) is 7.19. The van der Waals surface area contributed by atoms with Crippen molar-refractivity contribution in [2.75, 3.05) is 5.32 Å². The maximum absolute atomic E-state index is 13.4. The minimum atomic E-state index is -0.517. The van der Waals surface area contributed by atoms with Gasteiger partial charge in [-0.25, -0.2) is 4.98 Å². The maximum atomic E-state index is 13.4. The normalized spacial score (nSPS) is 16.0. The number of rotatable bonds is 4. The Labute approximate surface area is 178 Å². The molecular formula is C22H17ClN4OS. The van der Waals surface area contributed by atoms with E-state index in [0.29, 0.717) is 27.2 Å². The molecule has 144 valence electrons. The zero-order chi connectivity index (χ0) is 20.2. The van der Waals surface area contributed by atoms with Crippen molar-refractivity contribution in [1.29, 1.82) is 0 Å². The number of carbonyl (C=O) groups is 1. The molecule has 1 amide bonds. The van der Waals surface area contributed by atoms with Crippen molar-refractivity contribution in [1.82, 2.24) is 15.6 Å². The monoisotopic (exact) mass is 420 g/mol. The van der Waals surface area contributed by atoms with E-state index in [2.05, 4.69) is 20.9 Å². The van der Waals surface area contributed by atoms with Crippen LogP contribution in [-0.4, -0.2) is 16.0 Å². The largest absolute Gasteiger partial charge is 0.351 e. The number of amides is 1. The number of hydrogen-bond acceptors (Lipinski definition) is 3. The molecule has 2 heterocycles. The third-order valence-electron chi connectivity index (χ3n) is 4.50. The third kappa shape index (κ3) is 4.13. The lowest BCUT2D eigenvalue weighted by Crippen LogP contribution is -2.45. The van der Waals surface area contributed by atoms with E-state index >= 15 is 0 Å². The van der Waals surface area contributed by atoms with Crippen LogP contribution in [0.2, 0.25) is 5.02 Å². The summed E-state index contributed by atoms with van der Waals surface area (Å²) in [7, 11) is 0. The van der Waals surface area contributed by atoms with E-state index < -0.39 is 6.04 Å². The van der Waals surface area contributed by atoms with Crippen LogP contribution in [0.3, 0.4) is 0 Å². The fraction of sp³-hybridized carbons (Fsp3) is 0.0455. The minimum absolute atomic E-state index is 0.296. The number of benzene rings is 2. The molecule has 3 aromatic rings. The third-order valence-corrected chi connectivity index (χ3v) is 5.07. The summed E-state index contributed by atoms with van der Waals surface area (Å²) in [6.07, 6.45) is 1.63. The molecule has 0 saturated carbocycles. The first kappa shape index (κ1) is 19.1. The Morgan fingerprint density at radius 2 is 1.72 bits per heavy atom. The summed E-state index contributed by atoms with van der Waals surface area (Å²) >= 11 is 11.9. The van der Waals surface area contributed by atoms with E-state index in [1.54, 1.807) is 24.4 Å². The second-order valence-electron chi connectivity index (χ2n) is 6.38. The molecule has 5 nitrogen and oxygen atoms in total. The molecule has 1 aliphatic rings. The molecule has 1 aromatic heterocycles. The van der Waals surface area contributed by atoms with E-state index in [-0.39, 0.29) is 5.91 Å². The Morgan fingerprint density at radius 3 is 2.45 bits per heavy atom. The van der Waals surface area contributed by atoms with Gasteiger partial charge in [-0.3, -0.25) is 4.79 Å². The fourth-order valence-electron chi connectivity index (χ4n) is 3.20. The molecule has 0 unspecified atom stereocenters. The number of halogens is 1. The molecule has 0 spiro atoms. The standard InChI is InChI=1S/C22H17ClN4OS/c23-16-11-5-4-10-15(16)20-18(21(28)25-17-12-6-7-13-24-17)19(26-22(29)27-20)14-8-2-1-3-9-14/h1-13,20H,(H,24,25,28)(H2,26,27,29)/t20-/m1/s1. The summed E-state index contributed by atoms with van der Waals surface area (Å²) in [6.45, 7) is 0. The van der Waals surface area contributed by atoms with E-state index in [1.807, 2.05) is 54.6 Å². The summed E-state index contributed by atoms with van der Waals surface area (Å²) in [4.78, 5) is 17.6. The summed E-state index contributed by atoms with van der Waals surface area (Å²) in [5, 5.41) is 10.2. The van der Waals surface area contributed by atoms with Crippen molar-refractivity contribution < 1.29 is 4.79 Å². The number of thiocarbonyl (C=S) groups is 1. The van der Waals surface area contributed by atoms with Crippen LogP contribution in [0, 0.1) is 0 Å². The van der Waals surface area contributed by atoms with E-state index in [0.717, 1.165) is 11.1 Å². The number of aromatic nitrogens is 1. The highest BCUT2D eigenvalue weighted by molar-refractivity contribution is 7.80. The van der Waals surface area contributed by atoms with Crippen LogP contribution in [0.5, 0.6) is 0 Å². The van der Waals surface area contributed by atoms with Crippen LogP contribution >= 0.6 is 23.8 Å². The average molecular weight is 421 g/mol. The number of hydrogen-bond donors (Lipinski definition) is 3. The van der Waals surface area contributed by atoms with Crippen LogP contribution < -0.4 is 16.0 Å². The molecule has 4 rings (SSSR count). The molecule has 0 fully saturated rings. The summed E-state index contributed by atoms with van der Waals surface area (Å²) in [5.74, 6) is 0.165. The molecule has 1 atom stereocenters. The average Bonchev–Trinajstić information content (AvgIpc) is 2.75. The Morgan fingerprint density at radius 1 is 1.00 bits per heavy atom. The second kappa shape index (κ2) is 8.43. The SMILES string of the molecule is O=C(Nc1ccccn1)C1=C(c2ccccc2)NC(=S)N[C@@H]1c1ccccc1Cl. The number of carbonyl (C=O) groups excluding carboxylic acids is 1. The van der Waals surface area contributed by atoms with Crippen LogP contribution in [0.4, 0.5) is 5.82 Å². The lowest BCUT2D eigenvalue weighted by atomic mass is 9.92. The quantitative estimate of drug-likeness (QED) is 0.549. The van der Waals surface area contributed by atoms with Gasteiger partial charge in [0.05, 0.1) is 17.3 Å². The predicted octanol–water partition coefficient (Wildman–Crippen LogP) is 4.30. The first-order valence-electron chi connectivity index (χ1n) is 8.97. The number of nitrogens with one attached hydrogen (secondary N) is 3. The number of pyridine rings is 1. The van der Waals surface area contributed by atoms with E-state index in [1.165, 1.54) is 0 Å². The van der Waals surface area contributed by atoms with Gasteiger partial charge in [0.15, 0.2) is 5.11 Å². The Bertz CT molecular complexity index is 1090. The Balaban J connectivity index is 1.86. The van der Waals surface area contributed by atoms with Gasteiger partial charge in [-0.15, -0.1) is 0 Å². The highest BCUT2D eigenvalue weighted by atomic mass is 35.5. The molecule has 3 N–H and O–H groups in total. The molecule has 7 heteroatoms. The molecule has 0 aliphatic carbocycles. The van der Waals surface area contributed by atoms with E-state index in [4.69, 9.17) is 23.8 Å². The van der Waals surface area contributed by atoms with Gasteiger partial charge in [-0.1, -0.05) is 66.2 Å². The first-order chi connectivity index (χ1) is 14.1. The van der Waals surface area contributed by atoms with Crippen molar-refractivity contribution in [3.63, 3.8) is 0 Å². The predicted molar refractivity (Wildman–Crippen MR) is 119 cm³/mol. The van der Waals surface area contributed by atoms with Crippen LogP contribution in [-0.2, 0) is 4.79 Å². The zero-order valence-corrected chi connectivity index (χ0v) is 16.8. The lowest BCUT2D eigenvalue weighted by Gasteiger charge is -2.32. The van der Waals surface area contributed by atoms with Gasteiger partial charge in [0.25, 0.3) is 5.91 Å². The smallest absolute Gasteiger partial charge is 0.257 e. The van der Waals surface area contributed by atoms with Gasteiger partial charge in [0, 0.05) is 11.2 Å². The molecule has 0 bridgehead atoms. The highest BCUT2D eigenvalue weighted by Crippen LogP contribution is 2.34. The van der Waals surface area contributed by atoms with Gasteiger partial charge in [0.2, 0.25) is 0 Å². The van der Waals surface area contributed by atoms with Crippen molar-refractivity contribution in [2.24, 2.45) is 0 Å². The summed E-state index contributed by atoms with van der Waals surface area (Å²) < 4.78 is 0. The van der Waals surface area contributed by atoms with Crippen LogP contribution in [0.15, 0.2) is 84.6 Å². The van der Waals surface area contributed by atoms with Crippen molar-refractivity contribution in [3.8, 4) is 0 Å². The summed E-state index contributed by atoms with van der Waals surface area (Å²) in [6, 6.07) is 21.8. The molecule has 0 saturated heterocycles. The number of anilines is 1. The highest BCUT2D eigenvalue weighted by Gasteiger charge is 2.33. The molecule has 29 heavy (non-hydrogen) atoms. The maximum Gasteiger partial charge on any atom is 0.257 e. The minimum Gasteiger partial charge on any atom is -0.351 e. The van der Waals surface area contributed by atoms with Gasteiger partial charge in [-0.2, -0.15) is 0 Å². The first-order valence-corrected chi connectivity index (χ1v) is 9.76. The van der Waals surface area contributed by atoms with Crippen molar-refractivity contribution >= 4 is 46.4 Å². The molecular weight excluding hydrogens is 404 g/mol. The number of nitrogens with zero attached hydrogens (tertiary/aromatic N) is 1. The van der Waals surface area contributed by atoms with Gasteiger partial charge < -0.3 is 16.0 Å². The van der Waals surface area contributed by atoms with Crippen molar-refractivity contribution in [3.05, 3.63) is 101 Å². The van der Waals surface area contributed by atoms with Crippen LogP contribution in [0.25, 0.3) is 5.70 Å². The van der Waals surface area contributed by atoms with Crippen LogP contribution in [0.1, 0.15) is 17.2 Å². The van der Waals surface area contributed by atoms with Crippen molar-refractivity contribution in [2.45, 2.75) is 6.04 Å². The molecule has 2 aromatic carbocycles. The molecule has 0 radical (unpaired) electrons. The fourth-order valence-corrected chi connectivity index (χ4v) is 3.67. The van der Waals surface area contributed by atoms with E-state index in [9.17, 15) is 4.79 Å².